The van der Waals surface area contributed by atoms with Crippen molar-refractivity contribution in [2.45, 2.75) is 25.5 Å². The van der Waals surface area contributed by atoms with Crippen molar-refractivity contribution in [3.63, 3.8) is 0 Å². The van der Waals surface area contributed by atoms with Crippen LogP contribution in [0.1, 0.15) is 13.3 Å². The second kappa shape index (κ2) is 4.81. The van der Waals surface area contributed by atoms with Crippen molar-refractivity contribution in [1.29, 1.82) is 0 Å². The van der Waals surface area contributed by atoms with Gasteiger partial charge in [-0.05, 0) is 13.0 Å². The van der Waals surface area contributed by atoms with Crippen molar-refractivity contribution in [2.75, 3.05) is 32.7 Å². The summed E-state index contributed by atoms with van der Waals surface area (Å²) in [7, 11) is 0. The summed E-state index contributed by atoms with van der Waals surface area (Å²) in [5, 5.41) is 5.96. The highest BCUT2D eigenvalue weighted by Gasteiger charge is 2.30. The van der Waals surface area contributed by atoms with Crippen LogP contribution in [0.3, 0.4) is 0 Å². The zero-order chi connectivity index (χ0) is 10.7. The quantitative estimate of drug-likeness (QED) is 0.663. The zero-order valence-corrected chi connectivity index (χ0v) is 9.16. The molecule has 86 valence electrons. The van der Waals surface area contributed by atoms with Crippen LogP contribution in [-0.4, -0.2) is 55.9 Å². The highest BCUT2D eigenvalue weighted by atomic mass is 16.6. The van der Waals surface area contributed by atoms with Gasteiger partial charge in [-0.2, -0.15) is 0 Å². The average Bonchev–Trinajstić information content (AvgIpc) is 2.48. The minimum atomic E-state index is -0.275. The number of alkyl carbamates (subject to hydrolysis) is 1. The van der Waals surface area contributed by atoms with Gasteiger partial charge in [0.05, 0.1) is 6.54 Å². The standard InChI is InChI=1S/C10H19N3O2/c1-2-3-13(8-4-11-5-8)7-9-6-12-10(14)15-9/h8-9,11H,2-7H2,1H3,(H,12,14). The molecular weight excluding hydrogens is 194 g/mol. The summed E-state index contributed by atoms with van der Waals surface area (Å²) in [4.78, 5) is 13.3. The number of amides is 1. The van der Waals surface area contributed by atoms with Gasteiger partial charge in [0.15, 0.2) is 0 Å². The van der Waals surface area contributed by atoms with E-state index in [-0.39, 0.29) is 12.2 Å². The molecule has 1 unspecified atom stereocenters. The van der Waals surface area contributed by atoms with Crippen LogP contribution in [0, 0.1) is 0 Å². The van der Waals surface area contributed by atoms with Crippen molar-refractivity contribution in [2.24, 2.45) is 0 Å². The van der Waals surface area contributed by atoms with E-state index in [0.29, 0.717) is 12.6 Å². The van der Waals surface area contributed by atoms with Crippen molar-refractivity contribution in [3.05, 3.63) is 0 Å². The molecule has 0 aromatic heterocycles. The molecule has 0 bridgehead atoms. The number of nitrogens with zero attached hydrogens (tertiary/aromatic N) is 1. The van der Waals surface area contributed by atoms with Gasteiger partial charge in [-0.3, -0.25) is 4.90 Å². The molecule has 15 heavy (non-hydrogen) atoms. The summed E-state index contributed by atoms with van der Waals surface area (Å²) in [6.45, 7) is 6.90. The number of hydrogen-bond acceptors (Lipinski definition) is 4. The number of ether oxygens (including phenoxy) is 1. The molecule has 0 aromatic rings. The summed E-state index contributed by atoms with van der Waals surface area (Å²) in [6.07, 6.45) is 0.901. The van der Waals surface area contributed by atoms with Gasteiger partial charge in [0.2, 0.25) is 0 Å². The van der Waals surface area contributed by atoms with Crippen molar-refractivity contribution < 1.29 is 9.53 Å². The molecule has 0 spiro atoms. The largest absolute Gasteiger partial charge is 0.443 e. The van der Waals surface area contributed by atoms with Crippen LogP contribution in [0.4, 0.5) is 4.79 Å². The Hall–Kier alpha value is -0.810. The molecular formula is C10H19N3O2. The van der Waals surface area contributed by atoms with Gasteiger partial charge in [-0.15, -0.1) is 0 Å². The Morgan fingerprint density at radius 1 is 1.47 bits per heavy atom. The molecule has 2 rings (SSSR count). The summed E-state index contributed by atoms with van der Waals surface area (Å²) in [6, 6.07) is 0.629. The van der Waals surface area contributed by atoms with Gasteiger partial charge in [0, 0.05) is 25.7 Å². The lowest BCUT2D eigenvalue weighted by Crippen LogP contribution is -2.58. The zero-order valence-electron chi connectivity index (χ0n) is 9.16. The molecule has 0 radical (unpaired) electrons. The number of rotatable bonds is 5. The van der Waals surface area contributed by atoms with E-state index in [1.807, 2.05) is 0 Å². The fraction of sp³-hybridized carbons (Fsp3) is 0.900. The summed E-state index contributed by atoms with van der Waals surface area (Å²) in [5.74, 6) is 0. The van der Waals surface area contributed by atoms with E-state index in [1.54, 1.807) is 0 Å². The van der Waals surface area contributed by atoms with Gasteiger partial charge < -0.3 is 15.4 Å². The highest BCUT2D eigenvalue weighted by Crippen LogP contribution is 2.10. The Kier molecular flexibility index (Phi) is 3.43. The number of hydrogen-bond donors (Lipinski definition) is 2. The molecule has 0 saturated carbocycles. The molecule has 1 atom stereocenters. The van der Waals surface area contributed by atoms with E-state index >= 15 is 0 Å². The lowest BCUT2D eigenvalue weighted by atomic mass is 10.1. The van der Waals surface area contributed by atoms with E-state index in [4.69, 9.17) is 4.74 Å². The molecule has 2 aliphatic rings. The van der Waals surface area contributed by atoms with Crippen molar-refractivity contribution >= 4 is 6.09 Å². The van der Waals surface area contributed by atoms with Crippen LogP contribution in [0.2, 0.25) is 0 Å². The maximum Gasteiger partial charge on any atom is 0.407 e. The third kappa shape index (κ3) is 2.60. The Morgan fingerprint density at radius 2 is 2.27 bits per heavy atom. The molecule has 0 aromatic carbocycles. The van der Waals surface area contributed by atoms with Crippen LogP contribution >= 0.6 is 0 Å². The first-order chi connectivity index (χ1) is 7.29. The van der Waals surface area contributed by atoms with Crippen molar-refractivity contribution in [1.82, 2.24) is 15.5 Å². The minimum Gasteiger partial charge on any atom is -0.443 e. The monoisotopic (exact) mass is 213 g/mol. The third-order valence-corrected chi connectivity index (χ3v) is 2.97. The molecule has 2 aliphatic heterocycles. The predicted octanol–water partition coefficient (Wildman–Crippen LogP) is -0.221. The van der Waals surface area contributed by atoms with E-state index in [9.17, 15) is 4.79 Å². The van der Waals surface area contributed by atoms with E-state index in [0.717, 1.165) is 32.6 Å². The Balaban J connectivity index is 1.80. The first-order valence-electron chi connectivity index (χ1n) is 5.69. The van der Waals surface area contributed by atoms with Crippen LogP contribution in [0.5, 0.6) is 0 Å². The summed E-state index contributed by atoms with van der Waals surface area (Å²) in [5.41, 5.74) is 0. The number of carbonyl (C=O) groups is 1. The van der Waals surface area contributed by atoms with Gasteiger partial charge in [0.1, 0.15) is 6.10 Å². The molecule has 5 nitrogen and oxygen atoms in total. The fourth-order valence-electron chi connectivity index (χ4n) is 2.04. The summed E-state index contributed by atoms with van der Waals surface area (Å²) < 4.78 is 5.14. The first kappa shape index (κ1) is 10.7. The maximum atomic E-state index is 10.9. The fourth-order valence-corrected chi connectivity index (χ4v) is 2.04. The Labute approximate surface area is 90.1 Å². The lowest BCUT2D eigenvalue weighted by Gasteiger charge is -2.38. The maximum absolute atomic E-state index is 10.9. The average molecular weight is 213 g/mol. The molecule has 0 aliphatic carbocycles. The van der Waals surface area contributed by atoms with Gasteiger partial charge in [0.25, 0.3) is 0 Å². The minimum absolute atomic E-state index is 0.0321. The van der Waals surface area contributed by atoms with Crippen molar-refractivity contribution in [3.8, 4) is 0 Å². The van der Waals surface area contributed by atoms with Crippen LogP contribution in [0.15, 0.2) is 0 Å². The smallest absolute Gasteiger partial charge is 0.407 e. The molecule has 2 fully saturated rings. The molecule has 2 saturated heterocycles. The Bertz CT molecular complexity index is 231. The third-order valence-electron chi connectivity index (χ3n) is 2.97. The van der Waals surface area contributed by atoms with Gasteiger partial charge >= 0.3 is 6.09 Å². The molecule has 2 N–H and O–H groups in total. The van der Waals surface area contributed by atoms with E-state index in [1.165, 1.54) is 0 Å². The molecule has 2 heterocycles. The summed E-state index contributed by atoms with van der Waals surface area (Å²) >= 11 is 0. The lowest BCUT2D eigenvalue weighted by molar-refractivity contribution is 0.0732. The SMILES string of the molecule is CCCN(CC1CNC(=O)O1)C1CNC1. The highest BCUT2D eigenvalue weighted by molar-refractivity contribution is 5.69. The second-order valence-electron chi connectivity index (χ2n) is 4.22. The normalized spacial score (nSPS) is 26.3. The molecule has 5 heteroatoms. The van der Waals surface area contributed by atoms with E-state index < -0.39 is 0 Å². The predicted molar refractivity (Wildman–Crippen MR) is 56.8 cm³/mol. The second-order valence-corrected chi connectivity index (χ2v) is 4.22. The number of cyclic esters (lactones) is 1. The van der Waals surface area contributed by atoms with Crippen LogP contribution < -0.4 is 10.6 Å². The number of carbonyl (C=O) groups excluding carboxylic acids is 1. The van der Waals surface area contributed by atoms with Crippen LogP contribution in [-0.2, 0) is 4.74 Å². The topological polar surface area (TPSA) is 53.6 Å². The first-order valence-corrected chi connectivity index (χ1v) is 5.69. The van der Waals surface area contributed by atoms with Gasteiger partial charge in [-0.1, -0.05) is 6.92 Å². The van der Waals surface area contributed by atoms with E-state index in [2.05, 4.69) is 22.5 Å². The molecule has 1 amide bonds. The van der Waals surface area contributed by atoms with Crippen LogP contribution in [0.25, 0.3) is 0 Å². The van der Waals surface area contributed by atoms with Gasteiger partial charge in [-0.25, -0.2) is 4.79 Å². The Morgan fingerprint density at radius 3 is 2.73 bits per heavy atom. The number of nitrogens with one attached hydrogen (secondary N) is 2.